The van der Waals surface area contributed by atoms with Crippen LogP contribution in [0.3, 0.4) is 0 Å². The SMILES string of the molecule is Cc1c(C(=O)O)oc2c1/C(=N/NC(=O)c1cccc3ccccc13)CCC2. The first kappa shape index (κ1) is 17.0. The minimum atomic E-state index is -1.10. The van der Waals surface area contributed by atoms with E-state index in [1.54, 1.807) is 13.0 Å². The molecule has 1 aromatic heterocycles. The highest BCUT2D eigenvalue weighted by Gasteiger charge is 2.27. The van der Waals surface area contributed by atoms with Crippen LogP contribution in [0.15, 0.2) is 52.0 Å². The lowest BCUT2D eigenvalue weighted by Gasteiger charge is -2.13. The smallest absolute Gasteiger partial charge is 0.372 e. The van der Waals surface area contributed by atoms with Crippen molar-refractivity contribution in [3.8, 4) is 0 Å². The number of fused-ring (bicyclic) bond motifs is 2. The first-order chi connectivity index (χ1) is 13.1. The molecule has 3 aromatic rings. The second-order valence-electron chi connectivity index (χ2n) is 6.54. The van der Waals surface area contributed by atoms with E-state index >= 15 is 0 Å². The van der Waals surface area contributed by atoms with E-state index in [-0.39, 0.29) is 11.7 Å². The number of aryl methyl sites for hydroxylation is 1. The van der Waals surface area contributed by atoms with E-state index in [1.807, 2.05) is 36.4 Å². The summed E-state index contributed by atoms with van der Waals surface area (Å²) in [5.41, 5.74) is 5.08. The van der Waals surface area contributed by atoms with Crippen LogP contribution in [0.25, 0.3) is 10.8 Å². The summed E-state index contributed by atoms with van der Waals surface area (Å²) in [6.45, 7) is 1.71. The zero-order valence-corrected chi connectivity index (χ0v) is 14.8. The number of hydrazone groups is 1. The molecular weight excluding hydrogens is 344 g/mol. The van der Waals surface area contributed by atoms with Crippen molar-refractivity contribution >= 4 is 28.4 Å². The Balaban J connectivity index is 1.66. The van der Waals surface area contributed by atoms with Crippen LogP contribution in [0.2, 0.25) is 0 Å². The van der Waals surface area contributed by atoms with E-state index in [4.69, 9.17) is 4.42 Å². The first-order valence-corrected chi connectivity index (χ1v) is 8.77. The Kier molecular flexibility index (Phi) is 4.24. The molecule has 0 bridgehead atoms. The minimum Gasteiger partial charge on any atom is -0.475 e. The molecule has 0 radical (unpaired) electrons. The van der Waals surface area contributed by atoms with Crippen molar-refractivity contribution in [3.63, 3.8) is 0 Å². The van der Waals surface area contributed by atoms with Gasteiger partial charge in [-0.3, -0.25) is 4.79 Å². The molecule has 0 aliphatic heterocycles. The molecule has 0 spiro atoms. The maximum atomic E-state index is 12.7. The van der Waals surface area contributed by atoms with E-state index in [0.717, 1.165) is 17.2 Å². The van der Waals surface area contributed by atoms with Crippen molar-refractivity contribution in [3.05, 3.63) is 70.7 Å². The van der Waals surface area contributed by atoms with Gasteiger partial charge in [0.1, 0.15) is 5.76 Å². The summed E-state index contributed by atoms with van der Waals surface area (Å²) in [7, 11) is 0. The van der Waals surface area contributed by atoms with Gasteiger partial charge in [-0.05, 0) is 36.6 Å². The van der Waals surface area contributed by atoms with Gasteiger partial charge in [-0.25, -0.2) is 10.2 Å². The van der Waals surface area contributed by atoms with Crippen molar-refractivity contribution in [2.75, 3.05) is 0 Å². The summed E-state index contributed by atoms with van der Waals surface area (Å²) >= 11 is 0. The maximum Gasteiger partial charge on any atom is 0.372 e. The summed E-state index contributed by atoms with van der Waals surface area (Å²) in [5, 5.41) is 15.4. The zero-order chi connectivity index (χ0) is 19.0. The number of carboxylic acid groups (broad SMARTS) is 1. The fraction of sp³-hybridized carbons (Fsp3) is 0.190. The number of rotatable bonds is 3. The lowest BCUT2D eigenvalue weighted by molar-refractivity contribution is 0.0659. The molecule has 0 fully saturated rings. The number of aromatic carboxylic acids is 1. The van der Waals surface area contributed by atoms with Gasteiger partial charge in [-0.2, -0.15) is 5.10 Å². The standard InChI is InChI=1S/C21H18N2O4/c1-12-18-16(10-5-11-17(18)27-19(12)21(25)26)22-23-20(24)15-9-4-7-13-6-2-3-8-14(13)15/h2-4,6-9H,5,10-11H2,1H3,(H,23,24)(H,25,26)/b22-16+. The van der Waals surface area contributed by atoms with E-state index in [2.05, 4.69) is 10.5 Å². The molecular formula is C21H18N2O4. The van der Waals surface area contributed by atoms with E-state index in [1.165, 1.54) is 0 Å². The van der Waals surface area contributed by atoms with Gasteiger partial charge in [-0.15, -0.1) is 0 Å². The van der Waals surface area contributed by atoms with Gasteiger partial charge < -0.3 is 9.52 Å². The summed E-state index contributed by atoms with van der Waals surface area (Å²) in [6.07, 6.45) is 2.12. The largest absolute Gasteiger partial charge is 0.475 e. The van der Waals surface area contributed by atoms with Crippen molar-refractivity contribution in [1.29, 1.82) is 0 Å². The number of hydrogen-bond donors (Lipinski definition) is 2. The van der Waals surface area contributed by atoms with E-state index < -0.39 is 5.97 Å². The van der Waals surface area contributed by atoms with E-state index in [9.17, 15) is 14.7 Å². The fourth-order valence-electron chi connectivity index (χ4n) is 3.59. The molecule has 2 N–H and O–H groups in total. The number of nitrogens with zero attached hydrogens (tertiary/aromatic N) is 1. The van der Waals surface area contributed by atoms with Gasteiger partial charge in [0.25, 0.3) is 5.91 Å². The van der Waals surface area contributed by atoms with Crippen LogP contribution in [0.1, 0.15) is 50.6 Å². The Bertz CT molecular complexity index is 1090. The molecule has 0 saturated carbocycles. The van der Waals surface area contributed by atoms with Crippen molar-refractivity contribution in [1.82, 2.24) is 5.43 Å². The molecule has 0 saturated heterocycles. The molecule has 6 heteroatoms. The third kappa shape index (κ3) is 2.99. The molecule has 4 rings (SSSR count). The normalized spacial score (nSPS) is 14.9. The van der Waals surface area contributed by atoms with Crippen LogP contribution >= 0.6 is 0 Å². The van der Waals surface area contributed by atoms with Crippen LogP contribution in [0, 0.1) is 6.92 Å². The molecule has 0 unspecified atom stereocenters. The molecule has 136 valence electrons. The number of carboxylic acids is 1. The van der Waals surface area contributed by atoms with Crippen LogP contribution in [0.5, 0.6) is 0 Å². The Morgan fingerprint density at radius 1 is 1.11 bits per heavy atom. The maximum absolute atomic E-state index is 12.7. The fourth-order valence-corrected chi connectivity index (χ4v) is 3.59. The minimum absolute atomic E-state index is 0.0602. The third-order valence-electron chi connectivity index (χ3n) is 4.85. The second kappa shape index (κ2) is 6.72. The Morgan fingerprint density at radius 3 is 2.70 bits per heavy atom. The number of carbonyl (C=O) groups is 2. The molecule has 1 aliphatic carbocycles. The third-order valence-corrected chi connectivity index (χ3v) is 4.85. The predicted molar refractivity (Wildman–Crippen MR) is 101 cm³/mol. The van der Waals surface area contributed by atoms with Crippen molar-refractivity contribution in [2.24, 2.45) is 5.10 Å². The first-order valence-electron chi connectivity index (χ1n) is 8.77. The Labute approximate surface area is 155 Å². The van der Waals surface area contributed by atoms with Gasteiger partial charge in [0, 0.05) is 23.1 Å². The predicted octanol–water partition coefficient (Wildman–Crippen LogP) is 3.91. The monoisotopic (exact) mass is 362 g/mol. The van der Waals surface area contributed by atoms with Gasteiger partial charge >= 0.3 is 5.97 Å². The molecule has 1 aliphatic rings. The number of carbonyl (C=O) groups excluding carboxylic acids is 1. The van der Waals surface area contributed by atoms with Crippen molar-refractivity contribution in [2.45, 2.75) is 26.2 Å². The molecule has 2 aromatic carbocycles. The summed E-state index contributed by atoms with van der Waals surface area (Å²) in [4.78, 5) is 24.0. The van der Waals surface area contributed by atoms with Gasteiger partial charge in [0.05, 0.1) is 5.71 Å². The quantitative estimate of drug-likeness (QED) is 0.691. The Hall–Kier alpha value is -3.41. The molecule has 1 amide bonds. The molecule has 6 nitrogen and oxygen atoms in total. The van der Waals surface area contributed by atoms with E-state index in [0.29, 0.717) is 41.0 Å². The Morgan fingerprint density at radius 2 is 1.89 bits per heavy atom. The van der Waals surface area contributed by atoms with Gasteiger partial charge in [-0.1, -0.05) is 36.4 Å². The highest BCUT2D eigenvalue weighted by molar-refractivity contribution is 6.09. The number of benzene rings is 2. The zero-order valence-electron chi connectivity index (χ0n) is 14.8. The highest BCUT2D eigenvalue weighted by atomic mass is 16.4. The topological polar surface area (TPSA) is 91.9 Å². The van der Waals surface area contributed by atoms with Crippen LogP contribution in [-0.2, 0) is 6.42 Å². The average Bonchev–Trinajstić information content (AvgIpc) is 3.03. The van der Waals surface area contributed by atoms with Crippen LogP contribution < -0.4 is 5.43 Å². The lowest BCUT2D eigenvalue weighted by Crippen LogP contribution is -2.22. The average molecular weight is 362 g/mol. The number of nitrogens with one attached hydrogen (secondary N) is 1. The van der Waals surface area contributed by atoms with Crippen LogP contribution in [0.4, 0.5) is 0 Å². The lowest BCUT2D eigenvalue weighted by atomic mass is 9.93. The van der Waals surface area contributed by atoms with Crippen LogP contribution in [-0.4, -0.2) is 22.7 Å². The molecule has 1 heterocycles. The molecule has 0 atom stereocenters. The van der Waals surface area contributed by atoms with Gasteiger partial charge in [0.2, 0.25) is 5.76 Å². The van der Waals surface area contributed by atoms with Crippen molar-refractivity contribution < 1.29 is 19.1 Å². The number of furan rings is 1. The number of hydrogen-bond acceptors (Lipinski definition) is 4. The highest BCUT2D eigenvalue weighted by Crippen LogP contribution is 2.29. The summed E-state index contributed by atoms with van der Waals surface area (Å²) in [6, 6.07) is 13.2. The summed E-state index contributed by atoms with van der Waals surface area (Å²) in [5.74, 6) is -0.837. The second-order valence-corrected chi connectivity index (χ2v) is 6.54. The number of amides is 1. The van der Waals surface area contributed by atoms with Gasteiger partial charge in [0.15, 0.2) is 0 Å². The molecule has 27 heavy (non-hydrogen) atoms. The summed E-state index contributed by atoms with van der Waals surface area (Å²) < 4.78 is 5.48.